The lowest BCUT2D eigenvalue weighted by atomic mass is 9.94. The van der Waals surface area contributed by atoms with E-state index in [-0.39, 0.29) is 0 Å². The van der Waals surface area contributed by atoms with E-state index in [0.29, 0.717) is 13.0 Å². The second-order valence-electron chi connectivity index (χ2n) is 5.03. The summed E-state index contributed by atoms with van der Waals surface area (Å²) >= 11 is 3.46. The predicted molar refractivity (Wildman–Crippen MR) is 69.3 cm³/mol. The number of aliphatic hydroxyl groups is 2. The van der Waals surface area contributed by atoms with E-state index in [2.05, 4.69) is 15.9 Å². The first-order valence-corrected chi connectivity index (χ1v) is 6.52. The molecule has 1 atom stereocenters. The third-order valence-corrected chi connectivity index (χ3v) is 3.51. The third-order valence-electron chi connectivity index (χ3n) is 3.05. The quantitative estimate of drug-likeness (QED) is 0.898. The molecule has 4 heteroatoms. The Morgan fingerprint density at radius 3 is 2.82 bits per heavy atom. The van der Waals surface area contributed by atoms with Gasteiger partial charge in [-0.2, -0.15) is 0 Å². The molecule has 0 aliphatic carbocycles. The molecule has 1 aliphatic rings. The van der Waals surface area contributed by atoms with Crippen molar-refractivity contribution in [3.05, 3.63) is 27.7 Å². The maximum absolute atomic E-state index is 9.94. The maximum Gasteiger partial charge on any atom is 0.125 e. The summed E-state index contributed by atoms with van der Waals surface area (Å²) in [7, 11) is 0. The second kappa shape index (κ2) is 4.59. The van der Waals surface area contributed by atoms with Crippen LogP contribution in [0.2, 0.25) is 0 Å². The lowest BCUT2D eigenvalue weighted by Gasteiger charge is -2.25. The average Bonchev–Trinajstić information content (AvgIpc) is 2.63. The first-order valence-electron chi connectivity index (χ1n) is 5.72. The van der Waals surface area contributed by atoms with Crippen LogP contribution in [0.15, 0.2) is 16.6 Å². The molecule has 1 aromatic carbocycles. The largest absolute Gasteiger partial charge is 0.493 e. The van der Waals surface area contributed by atoms with Crippen LogP contribution in [-0.4, -0.2) is 28.5 Å². The molecule has 2 rings (SSSR count). The van der Waals surface area contributed by atoms with Gasteiger partial charge in [0.05, 0.1) is 18.3 Å². The van der Waals surface area contributed by atoms with Crippen LogP contribution in [0.25, 0.3) is 0 Å². The third kappa shape index (κ3) is 2.81. The van der Waals surface area contributed by atoms with Crippen molar-refractivity contribution in [2.45, 2.75) is 38.4 Å². The van der Waals surface area contributed by atoms with Gasteiger partial charge in [-0.25, -0.2) is 0 Å². The molecule has 0 aromatic heterocycles. The first kappa shape index (κ1) is 12.9. The zero-order chi connectivity index (χ0) is 12.6. The molecule has 94 valence electrons. The normalized spacial score (nSPS) is 16.5. The number of hydrogen-bond acceptors (Lipinski definition) is 3. The summed E-state index contributed by atoms with van der Waals surface area (Å²) in [5.74, 6) is 0.872. The van der Waals surface area contributed by atoms with Gasteiger partial charge in [0, 0.05) is 17.3 Å². The van der Waals surface area contributed by atoms with Gasteiger partial charge in [-0.15, -0.1) is 0 Å². The van der Waals surface area contributed by atoms with E-state index < -0.39 is 11.7 Å². The van der Waals surface area contributed by atoms with Crippen molar-refractivity contribution in [3.63, 3.8) is 0 Å². The molecule has 0 saturated heterocycles. The zero-order valence-electron chi connectivity index (χ0n) is 10.0. The van der Waals surface area contributed by atoms with Crippen molar-refractivity contribution in [2.75, 3.05) is 6.61 Å². The Kier molecular flexibility index (Phi) is 3.48. The van der Waals surface area contributed by atoms with E-state index >= 15 is 0 Å². The van der Waals surface area contributed by atoms with Gasteiger partial charge in [0.25, 0.3) is 0 Å². The summed E-state index contributed by atoms with van der Waals surface area (Å²) in [6.45, 7) is 3.91. The molecule has 1 heterocycles. The average molecular weight is 301 g/mol. The van der Waals surface area contributed by atoms with Gasteiger partial charge in [0.1, 0.15) is 5.75 Å². The number of rotatable bonds is 3. The van der Waals surface area contributed by atoms with Crippen LogP contribution in [0.5, 0.6) is 5.75 Å². The molecule has 2 N–H and O–H groups in total. The molecule has 1 aromatic rings. The van der Waals surface area contributed by atoms with Crippen LogP contribution < -0.4 is 4.74 Å². The molecule has 0 spiro atoms. The molecular weight excluding hydrogens is 284 g/mol. The lowest BCUT2D eigenvalue weighted by molar-refractivity contribution is -0.0471. The van der Waals surface area contributed by atoms with Gasteiger partial charge in [-0.05, 0) is 37.1 Å². The summed E-state index contributed by atoms with van der Waals surface area (Å²) < 4.78 is 6.57. The Balaban J connectivity index is 2.27. The van der Waals surface area contributed by atoms with Crippen LogP contribution in [0.4, 0.5) is 0 Å². The van der Waals surface area contributed by atoms with E-state index in [9.17, 15) is 10.2 Å². The molecule has 1 aliphatic heterocycles. The fraction of sp³-hybridized carbons (Fsp3) is 0.538. The van der Waals surface area contributed by atoms with Crippen LogP contribution in [0, 0.1) is 0 Å². The SMILES string of the molecule is CC(C)(O)C(O)Cc1cc(Br)cc2c1OCC2. The zero-order valence-corrected chi connectivity index (χ0v) is 11.6. The first-order chi connectivity index (χ1) is 7.88. The Morgan fingerprint density at radius 2 is 2.18 bits per heavy atom. The minimum absolute atomic E-state index is 0.394. The maximum atomic E-state index is 9.94. The standard InChI is InChI=1S/C13H17BrO3/c1-13(2,16)11(15)7-9-6-10(14)5-8-3-4-17-12(8)9/h5-6,11,15-16H,3-4,7H2,1-2H3. The fourth-order valence-corrected chi connectivity index (χ4v) is 2.51. The Bertz CT molecular complexity index is 423. The van der Waals surface area contributed by atoms with Crippen molar-refractivity contribution in [3.8, 4) is 5.75 Å². The van der Waals surface area contributed by atoms with Crippen molar-refractivity contribution < 1.29 is 14.9 Å². The summed E-state index contributed by atoms with van der Waals surface area (Å²) in [4.78, 5) is 0. The predicted octanol–water partition coefficient (Wildman–Crippen LogP) is 2.06. The van der Waals surface area contributed by atoms with Crippen LogP contribution in [0.1, 0.15) is 25.0 Å². The second-order valence-corrected chi connectivity index (χ2v) is 5.94. The van der Waals surface area contributed by atoms with Crippen LogP contribution in [0.3, 0.4) is 0 Å². The number of benzene rings is 1. The number of ether oxygens (including phenoxy) is 1. The van der Waals surface area contributed by atoms with E-state index in [1.54, 1.807) is 13.8 Å². The van der Waals surface area contributed by atoms with Gasteiger partial charge in [0.15, 0.2) is 0 Å². The fourth-order valence-electron chi connectivity index (χ4n) is 1.96. The van der Waals surface area contributed by atoms with Gasteiger partial charge in [-0.1, -0.05) is 15.9 Å². The number of fused-ring (bicyclic) bond motifs is 1. The van der Waals surface area contributed by atoms with Gasteiger partial charge >= 0.3 is 0 Å². The lowest BCUT2D eigenvalue weighted by Crippen LogP contribution is -2.37. The Morgan fingerprint density at radius 1 is 1.47 bits per heavy atom. The van der Waals surface area contributed by atoms with E-state index in [4.69, 9.17) is 4.74 Å². The topological polar surface area (TPSA) is 49.7 Å². The molecule has 1 unspecified atom stereocenters. The van der Waals surface area contributed by atoms with Crippen LogP contribution >= 0.6 is 15.9 Å². The highest BCUT2D eigenvalue weighted by atomic mass is 79.9. The summed E-state index contributed by atoms with van der Waals surface area (Å²) in [5.41, 5.74) is 1.01. The minimum Gasteiger partial charge on any atom is -0.493 e. The van der Waals surface area contributed by atoms with Crippen molar-refractivity contribution in [2.24, 2.45) is 0 Å². The highest BCUT2D eigenvalue weighted by Crippen LogP contribution is 2.34. The summed E-state index contributed by atoms with van der Waals surface area (Å²) in [6.07, 6.45) is 0.496. The van der Waals surface area contributed by atoms with Crippen LogP contribution in [-0.2, 0) is 12.8 Å². The highest BCUT2D eigenvalue weighted by Gasteiger charge is 2.27. The highest BCUT2D eigenvalue weighted by molar-refractivity contribution is 9.10. The molecular formula is C13H17BrO3. The van der Waals surface area contributed by atoms with Crippen molar-refractivity contribution >= 4 is 15.9 Å². The smallest absolute Gasteiger partial charge is 0.125 e. The molecule has 0 amide bonds. The summed E-state index contributed by atoms with van der Waals surface area (Å²) in [5, 5.41) is 19.7. The molecule has 0 bridgehead atoms. The molecule has 0 radical (unpaired) electrons. The van der Waals surface area contributed by atoms with Crippen molar-refractivity contribution in [1.29, 1.82) is 0 Å². The number of hydrogen-bond donors (Lipinski definition) is 2. The number of halogens is 1. The molecule has 3 nitrogen and oxygen atoms in total. The molecule has 0 saturated carbocycles. The minimum atomic E-state index is -1.10. The monoisotopic (exact) mass is 300 g/mol. The van der Waals surface area contributed by atoms with E-state index in [0.717, 1.165) is 27.8 Å². The Hall–Kier alpha value is -0.580. The van der Waals surface area contributed by atoms with E-state index in [1.165, 1.54) is 0 Å². The van der Waals surface area contributed by atoms with Crippen molar-refractivity contribution in [1.82, 2.24) is 0 Å². The van der Waals surface area contributed by atoms with Gasteiger partial charge in [0.2, 0.25) is 0 Å². The number of aliphatic hydroxyl groups excluding tert-OH is 1. The Labute approximate surface area is 110 Å². The van der Waals surface area contributed by atoms with Gasteiger partial charge in [-0.3, -0.25) is 0 Å². The summed E-state index contributed by atoms with van der Waals surface area (Å²) in [6, 6.07) is 3.99. The van der Waals surface area contributed by atoms with E-state index in [1.807, 2.05) is 12.1 Å². The van der Waals surface area contributed by atoms with Gasteiger partial charge < -0.3 is 14.9 Å². The molecule has 17 heavy (non-hydrogen) atoms. The molecule has 0 fully saturated rings.